The zero-order valence-corrected chi connectivity index (χ0v) is 17.1. The van der Waals surface area contributed by atoms with E-state index in [0.717, 1.165) is 0 Å². The lowest BCUT2D eigenvalue weighted by atomic mass is 10.2. The first-order chi connectivity index (χ1) is 13.3. The van der Waals surface area contributed by atoms with Crippen molar-refractivity contribution in [3.05, 3.63) is 58.9 Å². The molecule has 2 rings (SSSR count). The van der Waals surface area contributed by atoms with Gasteiger partial charge in [0.2, 0.25) is 10.0 Å². The second kappa shape index (κ2) is 9.86. The monoisotopic (exact) mass is 429 g/mol. The number of hydrogen-bond acceptors (Lipinski definition) is 5. The SMILES string of the molecule is CCN(CC)S(=O)(=O)c1ccc(Cl)c(C(=O)OCCOc2ccccc2F)c1. The van der Waals surface area contributed by atoms with Gasteiger partial charge in [-0.1, -0.05) is 37.6 Å². The first-order valence-electron chi connectivity index (χ1n) is 8.65. The highest BCUT2D eigenvalue weighted by Crippen LogP contribution is 2.24. The lowest BCUT2D eigenvalue weighted by Crippen LogP contribution is -2.30. The van der Waals surface area contributed by atoms with Gasteiger partial charge in [-0.25, -0.2) is 17.6 Å². The van der Waals surface area contributed by atoms with Crippen LogP contribution in [0.3, 0.4) is 0 Å². The Morgan fingerprint density at radius 3 is 2.43 bits per heavy atom. The molecule has 0 bridgehead atoms. The van der Waals surface area contributed by atoms with Gasteiger partial charge in [0.05, 0.1) is 15.5 Å². The van der Waals surface area contributed by atoms with Gasteiger partial charge >= 0.3 is 5.97 Å². The van der Waals surface area contributed by atoms with Crippen LogP contribution in [0.5, 0.6) is 5.75 Å². The minimum atomic E-state index is -3.74. The maximum Gasteiger partial charge on any atom is 0.339 e. The van der Waals surface area contributed by atoms with E-state index in [4.69, 9.17) is 21.1 Å². The molecule has 0 saturated carbocycles. The Labute approximate surface area is 168 Å². The first-order valence-corrected chi connectivity index (χ1v) is 10.5. The highest BCUT2D eigenvalue weighted by molar-refractivity contribution is 7.89. The lowest BCUT2D eigenvalue weighted by molar-refractivity contribution is 0.0448. The molecule has 0 saturated heterocycles. The van der Waals surface area contributed by atoms with Gasteiger partial charge in [0, 0.05) is 13.1 Å². The van der Waals surface area contributed by atoms with Gasteiger partial charge in [-0.2, -0.15) is 4.31 Å². The Morgan fingerprint density at radius 1 is 1.11 bits per heavy atom. The molecule has 2 aromatic carbocycles. The summed E-state index contributed by atoms with van der Waals surface area (Å²) in [5.41, 5.74) is -0.0687. The fraction of sp³-hybridized carbons (Fsp3) is 0.316. The lowest BCUT2D eigenvalue weighted by Gasteiger charge is -2.19. The fourth-order valence-corrected chi connectivity index (χ4v) is 4.14. The van der Waals surface area contributed by atoms with E-state index in [-0.39, 0.29) is 34.4 Å². The standard InChI is InChI=1S/C19H21ClFNO5S/c1-3-22(4-2)28(24,25)14-9-10-16(20)15(13-14)19(23)27-12-11-26-18-8-6-5-7-17(18)21/h5-10,13H,3-4,11-12H2,1-2H3. The molecule has 6 nitrogen and oxygen atoms in total. The number of halogens is 2. The Morgan fingerprint density at radius 2 is 1.79 bits per heavy atom. The molecule has 0 fully saturated rings. The van der Waals surface area contributed by atoms with Crippen LogP contribution in [0.1, 0.15) is 24.2 Å². The molecule has 152 valence electrons. The topological polar surface area (TPSA) is 72.9 Å². The Bertz CT molecular complexity index is 932. The number of esters is 1. The van der Waals surface area contributed by atoms with Gasteiger partial charge in [-0.05, 0) is 30.3 Å². The smallest absolute Gasteiger partial charge is 0.339 e. The van der Waals surface area contributed by atoms with Crippen molar-refractivity contribution < 1.29 is 27.1 Å². The summed E-state index contributed by atoms with van der Waals surface area (Å²) in [5, 5.41) is 0.0681. The van der Waals surface area contributed by atoms with E-state index >= 15 is 0 Å². The summed E-state index contributed by atoms with van der Waals surface area (Å²) in [5.74, 6) is -1.27. The molecule has 0 aromatic heterocycles. The van der Waals surface area contributed by atoms with Gasteiger partial charge in [0.15, 0.2) is 11.6 Å². The number of nitrogens with zero attached hydrogens (tertiary/aromatic N) is 1. The van der Waals surface area contributed by atoms with Crippen LogP contribution >= 0.6 is 11.6 Å². The molecular formula is C19H21ClFNO5S. The molecule has 0 spiro atoms. The van der Waals surface area contributed by atoms with E-state index < -0.39 is 21.8 Å². The number of carbonyl (C=O) groups is 1. The number of para-hydroxylation sites is 1. The predicted octanol–water partition coefficient (Wildman–Crippen LogP) is 3.75. The van der Waals surface area contributed by atoms with Crippen molar-refractivity contribution in [2.45, 2.75) is 18.7 Å². The molecule has 28 heavy (non-hydrogen) atoms. The molecule has 0 atom stereocenters. The largest absolute Gasteiger partial charge is 0.487 e. The van der Waals surface area contributed by atoms with Crippen molar-refractivity contribution in [1.82, 2.24) is 4.31 Å². The van der Waals surface area contributed by atoms with Crippen molar-refractivity contribution in [2.75, 3.05) is 26.3 Å². The van der Waals surface area contributed by atoms with Gasteiger partial charge in [0.25, 0.3) is 0 Å². The molecule has 0 aliphatic carbocycles. The van der Waals surface area contributed by atoms with Crippen LogP contribution < -0.4 is 4.74 Å². The van der Waals surface area contributed by atoms with Crippen LogP contribution in [0.25, 0.3) is 0 Å². The zero-order valence-electron chi connectivity index (χ0n) is 15.5. The van der Waals surface area contributed by atoms with Crippen LogP contribution in [0.2, 0.25) is 5.02 Å². The quantitative estimate of drug-likeness (QED) is 0.448. The summed E-state index contributed by atoms with van der Waals surface area (Å²) in [7, 11) is -3.74. The van der Waals surface area contributed by atoms with E-state index in [1.54, 1.807) is 19.9 Å². The summed E-state index contributed by atoms with van der Waals surface area (Å²) in [4.78, 5) is 12.2. The fourth-order valence-electron chi connectivity index (χ4n) is 2.46. The van der Waals surface area contributed by atoms with E-state index in [0.29, 0.717) is 13.1 Å². The van der Waals surface area contributed by atoms with Gasteiger partial charge in [-0.15, -0.1) is 0 Å². The maximum atomic E-state index is 13.5. The van der Waals surface area contributed by atoms with Gasteiger partial charge in [-0.3, -0.25) is 0 Å². The van der Waals surface area contributed by atoms with Crippen molar-refractivity contribution in [3.8, 4) is 5.75 Å². The first kappa shape index (κ1) is 22.1. The summed E-state index contributed by atoms with van der Waals surface area (Å²) >= 11 is 6.03. The average Bonchev–Trinajstić information content (AvgIpc) is 2.67. The van der Waals surface area contributed by atoms with Crippen molar-refractivity contribution in [1.29, 1.82) is 0 Å². The highest BCUT2D eigenvalue weighted by atomic mass is 35.5. The van der Waals surface area contributed by atoms with Crippen molar-refractivity contribution in [3.63, 3.8) is 0 Å². The van der Waals surface area contributed by atoms with E-state index in [2.05, 4.69) is 0 Å². The minimum absolute atomic E-state index is 0.0453. The molecule has 0 amide bonds. The molecule has 0 aliphatic rings. The molecule has 0 aliphatic heterocycles. The third kappa shape index (κ3) is 5.21. The molecule has 0 radical (unpaired) electrons. The van der Waals surface area contributed by atoms with Gasteiger partial charge < -0.3 is 9.47 Å². The van der Waals surface area contributed by atoms with E-state index in [9.17, 15) is 17.6 Å². The van der Waals surface area contributed by atoms with Crippen LogP contribution in [-0.4, -0.2) is 45.0 Å². The number of ether oxygens (including phenoxy) is 2. The second-order valence-corrected chi connectivity index (χ2v) is 7.99. The van der Waals surface area contributed by atoms with Crippen LogP contribution in [0.15, 0.2) is 47.4 Å². The number of sulfonamides is 1. The third-order valence-electron chi connectivity index (χ3n) is 3.91. The van der Waals surface area contributed by atoms with Crippen LogP contribution in [0.4, 0.5) is 4.39 Å². The Balaban J connectivity index is 2.06. The molecule has 2 aromatic rings. The molecule has 0 heterocycles. The number of benzene rings is 2. The molecule has 0 unspecified atom stereocenters. The average molecular weight is 430 g/mol. The predicted molar refractivity (Wildman–Crippen MR) is 104 cm³/mol. The Hall–Kier alpha value is -2.16. The Kier molecular flexibility index (Phi) is 7.79. The van der Waals surface area contributed by atoms with E-state index in [1.807, 2.05) is 0 Å². The van der Waals surface area contributed by atoms with Crippen molar-refractivity contribution >= 4 is 27.6 Å². The van der Waals surface area contributed by atoms with Gasteiger partial charge in [0.1, 0.15) is 13.2 Å². The number of rotatable bonds is 9. The van der Waals surface area contributed by atoms with Crippen LogP contribution in [-0.2, 0) is 14.8 Å². The third-order valence-corrected chi connectivity index (χ3v) is 6.29. The minimum Gasteiger partial charge on any atom is -0.487 e. The van der Waals surface area contributed by atoms with Crippen molar-refractivity contribution in [2.24, 2.45) is 0 Å². The molecular weight excluding hydrogens is 409 g/mol. The second-order valence-electron chi connectivity index (χ2n) is 5.65. The number of carbonyl (C=O) groups excluding carboxylic acids is 1. The summed E-state index contributed by atoms with van der Waals surface area (Å²) < 4.78 is 50.2. The summed E-state index contributed by atoms with van der Waals surface area (Å²) in [6, 6.07) is 9.72. The number of hydrogen-bond donors (Lipinski definition) is 0. The molecule has 0 N–H and O–H groups in total. The van der Waals surface area contributed by atoms with Crippen LogP contribution in [0, 0.1) is 5.82 Å². The van der Waals surface area contributed by atoms with E-state index in [1.165, 1.54) is 40.7 Å². The summed E-state index contributed by atoms with van der Waals surface area (Å²) in [6.07, 6.45) is 0. The maximum absolute atomic E-state index is 13.5. The highest BCUT2D eigenvalue weighted by Gasteiger charge is 2.24. The summed E-state index contributed by atoms with van der Waals surface area (Å²) in [6.45, 7) is 3.82. The zero-order chi connectivity index (χ0) is 20.7. The molecule has 9 heteroatoms. The normalized spacial score (nSPS) is 11.5.